The molecule has 8 heteroatoms. The Morgan fingerprint density at radius 1 is 1.31 bits per heavy atom. The molecule has 0 aliphatic carbocycles. The van der Waals surface area contributed by atoms with Crippen LogP contribution in [0, 0.1) is 12.8 Å². The van der Waals surface area contributed by atoms with Crippen LogP contribution in [0.5, 0.6) is 0 Å². The number of nitrogens with one attached hydrogen (secondary N) is 1. The number of aromatic nitrogens is 5. The first-order valence-corrected chi connectivity index (χ1v) is 10.0. The van der Waals surface area contributed by atoms with Gasteiger partial charge in [0.25, 0.3) is 5.91 Å². The summed E-state index contributed by atoms with van der Waals surface area (Å²) in [4.78, 5) is 23.4. The largest absolute Gasteiger partial charge is 0.366 e. The van der Waals surface area contributed by atoms with E-state index < -0.39 is 0 Å². The van der Waals surface area contributed by atoms with Crippen LogP contribution in [0.15, 0.2) is 43.2 Å². The lowest BCUT2D eigenvalue weighted by atomic mass is 9.97. The summed E-state index contributed by atoms with van der Waals surface area (Å²) < 4.78 is 3.94. The van der Waals surface area contributed by atoms with E-state index in [0.29, 0.717) is 18.0 Å². The molecule has 152 valence electrons. The maximum atomic E-state index is 12.9. The fourth-order valence-electron chi connectivity index (χ4n) is 3.80. The van der Waals surface area contributed by atoms with Crippen LogP contribution in [-0.2, 0) is 20.1 Å². The van der Waals surface area contributed by atoms with E-state index in [2.05, 4.69) is 25.0 Å². The van der Waals surface area contributed by atoms with Gasteiger partial charge in [0, 0.05) is 63.1 Å². The average molecular weight is 393 g/mol. The number of anilines is 1. The Morgan fingerprint density at radius 3 is 2.90 bits per heavy atom. The molecule has 1 amide bonds. The van der Waals surface area contributed by atoms with E-state index in [-0.39, 0.29) is 5.91 Å². The van der Waals surface area contributed by atoms with Crippen molar-refractivity contribution >= 4 is 11.7 Å². The molecular formula is C21H27N7O. The summed E-state index contributed by atoms with van der Waals surface area (Å²) in [6, 6.07) is 3.72. The number of carbonyl (C=O) groups excluding carboxylic acids is 1. The van der Waals surface area contributed by atoms with Gasteiger partial charge >= 0.3 is 0 Å². The van der Waals surface area contributed by atoms with Gasteiger partial charge in [-0.2, -0.15) is 5.10 Å². The number of hydrogen-bond acceptors (Lipinski definition) is 5. The van der Waals surface area contributed by atoms with Gasteiger partial charge in [0.2, 0.25) is 0 Å². The predicted molar refractivity (Wildman–Crippen MR) is 110 cm³/mol. The second kappa shape index (κ2) is 8.46. The van der Waals surface area contributed by atoms with E-state index >= 15 is 0 Å². The molecule has 1 atom stereocenters. The Morgan fingerprint density at radius 2 is 2.21 bits per heavy atom. The zero-order valence-corrected chi connectivity index (χ0v) is 17.0. The summed E-state index contributed by atoms with van der Waals surface area (Å²) in [6.07, 6.45) is 11.3. The van der Waals surface area contributed by atoms with Crippen LogP contribution < -0.4 is 5.32 Å². The predicted octanol–water partition coefficient (Wildman–Crippen LogP) is 2.48. The Kier molecular flexibility index (Phi) is 5.59. The van der Waals surface area contributed by atoms with Crippen LogP contribution in [0.4, 0.5) is 5.82 Å². The Labute approximate surface area is 170 Å². The highest BCUT2D eigenvalue weighted by atomic mass is 16.2. The number of imidazole rings is 1. The molecule has 3 aromatic rings. The van der Waals surface area contributed by atoms with Crippen LogP contribution in [0.3, 0.4) is 0 Å². The Bertz CT molecular complexity index is 946. The topological polar surface area (TPSA) is 80.9 Å². The lowest BCUT2D eigenvalue weighted by Gasteiger charge is -2.33. The normalized spacial score (nSPS) is 16.8. The molecule has 0 spiro atoms. The number of likely N-dealkylation sites (tertiary alicyclic amines) is 1. The van der Waals surface area contributed by atoms with Crippen molar-refractivity contribution in [1.29, 1.82) is 0 Å². The van der Waals surface area contributed by atoms with Gasteiger partial charge in [0.1, 0.15) is 5.82 Å². The van der Waals surface area contributed by atoms with Crippen molar-refractivity contribution < 1.29 is 4.79 Å². The van der Waals surface area contributed by atoms with E-state index in [9.17, 15) is 4.79 Å². The monoisotopic (exact) mass is 393 g/mol. The van der Waals surface area contributed by atoms with Crippen LogP contribution in [-0.4, -0.2) is 48.2 Å². The van der Waals surface area contributed by atoms with Gasteiger partial charge in [0.15, 0.2) is 0 Å². The Hall–Kier alpha value is -3.16. The van der Waals surface area contributed by atoms with Crippen LogP contribution in [0.2, 0.25) is 0 Å². The zero-order valence-electron chi connectivity index (χ0n) is 17.0. The third kappa shape index (κ3) is 4.47. The van der Waals surface area contributed by atoms with E-state index in [1.807, 2.05) is 54.4 Å². The minimum atomic E-state index is 0.0579. The average Bonchev–Trinajstić information content (AvgIpc) is 3.37. The second-order valence-electron chi connectivity index (χ2n) is 7.68. The van der Waals surface area contributed by atoms with Crippen molar-refractivity contribution in [3.8, 4) is 0 Å². The van der Waals surface area contributed by atoms with Gasteiger partial charge in [0.05, 0.1) is 18.1 Å². The summed E-state index contributed by atoms with van der Waals surface area (Å²) in [5.74, 6) is 1.27. The van der Waals surface area contributed by atoms with E-state index in [0.717, 1.165) is 49.6 Å². The first-order valence-electron chi connectivity index (χ1n) is 10.0. The maximum Gasteiger partial charge on any atom is 0.255 e. The number of piperidine rings is 1. The number of pyridine rings is 1. The molecule has 4 rings (SSSR count). The molecule has 1 aliphatic rings. The number of carbonyl (C=O) groups is 1. The quantitative estimate of drug-likeness (QED) is 0.696. The van der Waals surface area contributed by atoms with Gasteiger partial charge in [-0.3, -0.25) is 9.48 Å². The van der Waals surface area contributed by atoms with Gasteiger partial charge in [-0.15, -0.1) is 0 Å². The molecule has 0 bridgehead atoms. The van der Waals surface area contributed by atoms with E-state index in [1.54, 1.807) is 12.4 Å². The van der Waals surface area contributed by atoms with Crippen LogP contribution in [0.1, 0.15) is 34.5 Å². The van der Waals surface area contributed by atoms with Crippen molar-refractivity contribution in [2.45, 2.75) is 32.9 Å². The molecule has 4 heterocycles. The number of nitrogens with zero attached hydrogens (tertiary/aromatic N) is 6. The molecule has 1 N–H and O–H groups in total. The zero-order chi connectivity index (χ0) is 20.2. The molecule has 0 aromatic carbocycles. The molecule has 0 radical (unpaired) electrons. The van der Waals surface area contributed by atoms with Crippen molar-refractivity contribution in [2.75, 3.05) is 18.4 Å². The minimum absolute atomic E-state index is 0.0579. The lowest BCUT2D eigenvalue weighted by Crippen LogP contribution is -2.41. The fraction of sp³-hybridized carbons (Fsp3) is 0.429. The highest BCUT2D eigenvalue weighted by molar-refractivity contribution is 5.94. The number of hydrogen-bond donors (Lipinski definition) is 1. The van der Waals surface area contributed by atoms with Crippen molar-refractivity contribution in [3.05, 3.63) is 60.1 Å². The molecule has 0 unspecified atom stereocenters. The number of rotatable bonds is 6. The third-order valence-electron chi connectivity index (χ3n) is 5.64. The maximum absolute atomic E-state index is 12.9. The first-order chi connectivity index (χ1) is 14.1. The highest BCUT2D eigenvalue weighted by Gasteiger charge is 2.25. The molecule has 1 saturated heterocycles. The van der Waals surface area contributed by atoms with Crippen LogP contribution >= 0.6 is 0 Å². The molecule has 3 aromatic heterocycles. The first kappa shape index (κ1) is 19.2. The van der Waals surface area contributed by atoms with Crippen LogP contribution in [0.25, 0.3) is 0 Å². The highest BCUT2D eigenvalue weighted by Crippen LogP contribution is 2.20. The van der Waals surface area contributed by atoms with Gasteiger partial charge in [-0.1, -0.05) is 0 Å². The summed E-state index contributed by atoms with van der Waals surface area (Å²) in [5.41, 5.74) is 2.89. The van der Waals surface area contributed by atoms with Crippen molar-refractivity contribution in [2.24, 2.45) is 13.0 Å². The minimum Gasteiger partial charge on any atom is -0.366 e. The summed E-state index contributed by atoms with van der Waals surface area (Å²) >= 11 is 0. The van der Waals surface area contributed by atoms with E-state index in [1.165, 1.54) is 0 Å². The SMILES string of the molecule is Cc1c(CNc2ccc(C(=O)N3CCC[C@@H](Cn4ccnc4)C3)cn2)cnn1C. The number of aryl methyl sites for hydroxylation is 1. The van der Waals surface area contributed by atoms with Gasteiger partial charge < -0.3 is 14.8 Å². The fourth-order valence-corrected chi connectivity index (χ4v) is 3.80. The molecule has 29 heavy (non-hydrogen) atoms. The van der Waals surface area contributed by atoms with Gasteiger partial charge in [-0.25, -0.2) is 9.97 Å². The lowest BCUT2D eigenvalue weighted by molar-refractivity contribution is 0.0662. The molecular weight excluding hydrogens is 366 g/mol. The molecule has 1 aliphatic heterocycles. The van der Waals surface area contributed by atoms with E-state index in [4.69, 9.17) is 0 Å². The summed E-state index contributed by atoms with van der Waals surface area (Å²) in [5, 5.41) is 7.54. The van der Waals surface area contributed by atoms with Gasteiger partial charge in [-0.05, 0) is 37.8 Å². The molecule has 0 saturated carbocycles. The molecule has 8 nitrogen and oxygen atoms in total. The standard InChI is InChI=1S/C21H27N7O/c1-16-19(12-25-26(16)2)11-24-20-6-5-18(10-23-20)21(29)28-8-3-4-17(14-28)13-27-9-7-22-15-27/h5-7,9-10,12,15,17H,3-4,8,11,13-14H2,1-2H3,(H,23,24)/t17-/m0/s1. The smallest absolute Gasteiger partial charge is 0.255 e. The van der Waals surface area contributed by atoms with Crippen molar-refractivity contribution in [1.82, 2.24) is 29.2 Å². The number of amides is 1. The summed E-state index contributed by atoms with van der Waals surface area (Å²) in [7, 11) is 1.93. The Balaban J connectivity index is 1.34. The molecule has 1 fully saturated rings. The summed E-state index contributed by atoms with van der Waals surface area (Å²) in [6.45, 7) is 5.18. The third-order valence-corrected chi connectivity index (χ3v) is 5.64. The second-order valence-corrected chi connectivity index (χ2v) is 7.68. The van der Waals surface area contributed by atoms with Crippen molar-refractivity contribution in [3.63, 3.8) is 0 Å².